The lowest BCUT2D eigenvalue weighted by atomic mass is 10.1. The molecule has 5 heteroatoms. The Labute approximate surface area is 124 Å². The van der Waals surface area contributed by atoms with E-state index in [2.05, 4.69) is 42.2 Å². The van der Waals surface area contributed by atoms with Crippen molar-refractivity contribution in [2.24, 2.45) is 5.92 Å². The number of halogens is 2. The minimum Gasteiger partial charge on any atom is -0.376 e. The monoisotopic (exact) mass is 374 g/mol. The van der Waals surface area contributed by atoms with Gasteiger partial charge in [-0.25, -0.2) is 0 Å². The summed E-state index contributed by atoms with van der Waals surface area (Å²) in [5, 5.41) is 3.60. The minimum atomic E-state index is 0.430. The summed E-state index contributed by atoms with van der Waals surface area (Å²) in [7, 11) is 0. The molecule has 1 aliphatic heterocycles. The predicted molar refractivity (Wildman–Crippen MR) is 77.3 cm³/mol. The second-order valence-electron chi connectivity index (χ2n) is 5.03. The van der Waals surface area contributed by atoms with E-state index in [1.165, 1.54) is 12.8 Å². The maximum atomic E-state index is 5.83. The Morgan fingerprint density at radius 3 is 2.89 bits per heavy atom. The standard InChI is InChI=1S/C13H16Br2N2O/c14-9-5-10(15)12(16-6-9)7-17-11-3-4-18-13(11)8-1-2-8/h5-6,8,11,13,17H,1-4,7H2. The SMILES string of the molecule is Brc1cnc(CNC2CCOC2C2CC2)c(Br)c1. The molecule has 0 spiro atoms. The zero-order chi connectivity index (χ0) is 12.5. The van der Waals surface area contributed by atoms with E-state index < -0.39 is 0 Å². The highest BCUT2D eigenvalue weighted by molar-refractivity contribution is 9.11. The molecule has 2 unspecified atom stereocenters. The fourth-order valence-electron chi connectivity index (χ4n) is 2.52. The van der Waals surface area contributed by atoms with Crippen LogP contribution in [-0.2, 0) is 11.3 Å². The van der Waals surface area contributed by atoms with Crippen LogP contribution in [0.3, 0.4) is 0 Å². The van der Waals surface area contributed by atoms with Crippen LogP contribution in [0.2, 0.25) is 0 Å². The Hall–Kier alpha value is 0.0300. The lowest BCUT2D eigenvalue weighted by Gasteiger charge is -2.19. The number of pyridine rings is 1. The largest absolute Gasteiger partial charge is 0.376 e. The van der Waals surface area contributed by atoms with Crippen molar-refractivity contribution in [3.63, 3.8) is 0 Å². The molecule has 0 amide bonds. The molecule has 2 atom stereocenters. The van der Waals surface area contributed by atoms with Crippen LogP contribution in [0.4, 0.5) is 0 Å². The van der Waals surface area contributed by atoms with Gasteiger partial charge in [-0.15, -0.1) is 0 Å². The fourth-order valence-corrected chi connectivity index (χ4v) is 3.65. The van der Waals surface area contributed by atoms with Gasteiger partial charge in [-0.05, 0) is 63.1 Å². The number of rotatable bonds is 4. The molecule has 18 heavy (non-hydrogen) atoms. The van der Waals surface area contributed by atoms with Crippen LogP contribution in [-0.4, -0.2) is 23.7 Å². The molecule has 1 aromatic heterocycles. The van der Waals surface area contributed by atoms with Gasteiger partial charge in [0.25, 0.3) is 0 Å². The highest BCUT2D eigenvalue weighted by atomic mass is 79.9. The lowest BCUT2D eigenvalue weighted by molar-refractivity contribution is 0.0808. The predicted octanol–water partition coefficient (Wildman–Crippen LogP) is 3.26. The number of hydrogen-bond donors (Lipinski definition) is 1. The molecular formula is C13H16Br2N2O. The molecule has 0 radical (unpaired) electrons. The summed E-state index contributed by atoms with van der Waals surface area (Å²) in [4.78, 5) is 4.43. The Kier molecular flexibility index (Phi) is 4.03. The van der Waals surface area contributed by atoms with Crippen molar-refractivity contribution in [1.82, 2.24) is 10.3 Å². The molecule has 2 fully saturated rings. The molecule has 1 N–H and O–H groups in total. The summed E-state index contributed by atoms with van der Waals surface area (Å²) in [6.07, 6.45) is 6.06. The van der Waals surface area contributed by atoms with Crippen LogP contribution in [0, 0.1) is 5.92 Å². The van der Waals surface area contributed by atoms with Crippen molar-refractivity contribution in [3.8, 4) is 0 Å². The first-order valence-electron chi connectivity index (χ1n) is 6.39. The average Bonchev–Trinajstić information content (AvgIpc) is 3.08. The topological polar surface area (TPSA) is 34.2 Å². The van der Waals surface area contributed by atoms with Crippen LogP contribution in [0.15, 0.2) is 21.2 Å². The fraction of sp³-hybridized carbons (Fsp3) is 0.615. The Morgan fingerprint density at radius 2 is 2.17 bits per heavy atom. The van der Waals surface area contributed by atoms with Gasteiger partial charge in [-0.2, -0.15) is 0 Å². The van der Waals surface area contributed by atoms with Crippen LogP contribution in [0.5, 0.6) is 0 Å². The minimum absolute atomic E-state index is 0.430. The van der Waals surface area contributed by atoms with E-state index in [1.807, 2.05) is 12.3 Å². The zero-order valence-electron chi connectivity index (χ0n) is 10.0. The second kappa shape index (κ2) is 5.57. The molecule has 1 saturated heterocycles. The molecule has 0 bridgehead atoms. The van der Waals surface area contributed by atoms with Crippen molar-refractivity contribution in [2.45, 2.75) is 38.0 Å². The normalized spacial score (nSPS) is 27.7. The van der Waals surface area contributed by atoms with Crippen LogP contribution in [0.1, 0.15) is 25.0 Å². The molecular weight excluding hydrogens is 360 g/mol. The van der Waals surface area contributed by atoms with Crippen molar-refractivity contribution >= 4 is 31.9 Å². The van der Waals surface area contributed by atoms with Gasteiger partial charge in [-0.3, -0.25) is 4.98 Å². The summed E-state index contributed by atoms with van der Waals surface area (Å²) < 4.78 is 7.87. The summed E-state index contributed by atoms with van der Waals surface area (Å²) >= 11 is 6.97. The quantitative estimate of drug-likeness (QED) is 0.876. The third-order valence-corrected chi connectivity index (χ3v) is 4.76. The third kappa shape index (κ3) is 2.95. The third-order valence-electron chi connectivity index (χ3n) is 3.64. The van der Waals surface area contributed by atoms with Gasteiger partial charge in [0, 0.05) is 34.3 Å². The van der Waals surface area contributed by atoms with E-state index in [-0.39, 0.29) is 0 Å². The van der Waals surface area contributed by atoms with Crippen molar-refractivity contribution in [3.05, 3.63) is 26.9 Å². The van der Waals surface area contributed by atoms with Crippen LogP contribution < -0.4 is 5.32 Å². The molecule has 3 nitrogen and oxygen atoms in total. The maximum absolute atomic E-state index is 5.83. The summed E-state index contributed by atoms with van der Waals surface area (Å²) in [6, 6.07) is 2.53. The van der Waals surface area contributed by atoms with Crippen LogP contribution >= 0.6 is 31.9 Å². The van der Waals surface area contributed by atoms with E-state index in [1.54, 1.807) is 0 Å². The maximum Gasteiger partial charge on any atom is 0.0757 e. The number of aromatic nitrogens is 1. The van der Waals surface area contributed by atoms with Gasteiger partial charge in [0.15, 0.2) is 0 Å². The first-order chi connectivity index (χ1) is 8.74. The number of ether oxygens (including phenoxy) is 1. The van der Waals surface area contributed by atoms with Gasteiger partial charge in [0.1, 0.15) is 0 Å². The van der Waals surface area contributed by atoms with Crippen LogP contribution in [0.25, 0.3) is 0 Å². The Balaban J connectivity index is 1.60. The van der Waals surface area contributed by atoms with Crippen molar-refractivity contribution < 1.29 is 4.74 Å². The van der Waals surface area contributed by atoms with Crippen molar-refractivity contribution in [2.75, 3.05) is 6.61 Å². The van der Waals surface area contributed by atoms with E-state index in [9.17, 15) is 0 Å². The van der Waals surface area contributed by atoms with Gasteiger partial charge in [0.2, 0.25) is 0 Å². The van der Waals surface area contributed by atoms with E-state index in [4.69, 9.17) is 4.74 Å². The molecule has 1 aliphatic carbocycles. The average molecular weight is 376 g/mol. The molecule has 2 aliphatic rings. The van der Waals surface area contributed by atoms with E-state index in [0.29, 0.717) is 12.1 Å². The van der Waals surface area contributed by atoms with E-state index in [0.717, 1.165) is 40.1 Å². The molecule has 0 aromatic carbocycles. The molecule has 2 heterocycles. The first kappa shape index (κ1) is 13.0. The second-order valence-corrected chi connectivity index (χ2v) is 6.80. The summed E-state index contributed by atoms with van der Waals surface area (Å²) in [5.41, 5.74) is 1.06. The molecule has 3 rings (SSSR count). The van der Waals surface area contributed by atoms with E-state index >= 15 is 0 Å². The molecule has 1 saturated carbocycles. The first-order valence-corrected chi connectivity index (χ1v) is 7.97. The van der Waals surface area contributed by atoms with Crippen molar-refractivity contribution in [1.29, 1.82) is 0 Å². The summed E-state index contributed by atoms with van der Waals surface area (Å²) in [5.74, 6) is 0.798. The zero-order valence-corrected chi connectivity index (χ0v) is 13.2. The molecule has 1 aromatic rings. The highest BCUT2D eigenvalue weighted by Gasteiger charge is 2.40. The number of hydrogen-bond acceptors (Lipinski definition) is 3. The molecule has 98 valence electrons. The van der Waals surface area contributed by atoms with Gasteiger partial charge < -0.3 is 10.1 Å². The Morgan fingerprint density at radius 1 is 1.33 bits per heavy atom. The summed E-state index contributed by atoms with van der Waals surface area (Å²) in [6.45, 7) is 1.69. The Bertz CT molecular complexity index is 437. The van der Waals surface area contributed by atoms with Gasteiger partial charge in [0.05, 0.1) is 11.8 Å². The lowest BCUT2D eigenvalue weighted by Crippen LogP contribution is -2.37. The number of nitrogens with one attached hydrogen (secondary N) is 1. The number of nitrogens with zero attached hydrogens (tertiary/aromatic N) is 1. The van der Waals surface area contributed by atoms with Gasteiger partial charge in [-0.1, -0.05) is 0 Å². The highest BCUT2D eigenvalue weighted by Crippen LogP contribution is 2.38. The van der Waals surface area contributed by atoms with Gasteiger partial charge >= 0.3 is 0 Å². The smallest absolute Gasteiger partial charge is 0.0757 e.